The zero-order chi connectivity index (χ0) is 16.1. The second-order valence-corrected chi connectivity index (χ2v) is 6.03. The summed E-state index contributed by atoms with van der Waals surface area (Å²) < 4.78 is 0. The van der Waals surface area contributed by atoms with Crippen LogP contribution in [0.4, 0.5) is 5.69 Å². The summed E-state index contributed by atoms with van der Waals surface area (Å²) in [6.07, 6.45) is 2.07. The molecular weight excluding hydrogens is 286 g/mol. The zero-order valence-corrected chi connectivity index (χ0v) is 13.3. The van der Waals surface area contributed by atoms with Crippen molar-refractivity contribution in [2.24, 2.45) is 0 Å². The molecule has 0 unspecified atom stereocenters. The molecule has 0 atom stereocenters. The van der Waals surface area contributed by atoms with Crippen LogP contribution in [0.3, 0.4) is 0 Å². The molecule has 1 aliphatic rings. The second kappa shape index (κ2) is 7.29. The van der Waals surface area contributed by atoms with Crippen LogP contribution < -0.4 is 11.1 Å². The SMILES string of the molecule is Nc1cccc(C(=O)NCCCN2CCc3ccccc3C2)c1. The van der Waals surface area contributed by atoms with Crippen molar-refractivity contribution < 1.29 is 4.79 Å². The van der Waals surface area contributed by atoms with Gasteiger partial charge in [-0.15, -0.1) is 0 Å². The molecule has 0 fully saturated rings. The summed E-state index contributed by atoms with van der Waals surface area (Å²) in [5.41, 5.74) is 9.84. The number of nitrogen functional groups attached to an aromatic ring is 1. The Morgan fingerprint density at radius 1 is 1.13 bits per heavy atom. The molecule has 0 spiro atoms. The number of amides is 1. The van der Waals surface area contributed by atoms with E-state index in [1.165, 1.54) is 11.1 Å². The summed E-state index contributed by atoms with van der Waals surface area (Å²) in [5.74, 6) is -0.0544. The average Bonchev–Trinajstić information content (AvgIpc) is 2.58. The van der Waals surface area contributed by atoms with Crippen LogP contribution in [-0.2, 0) is 13.0 Å². The number of carbonyl (C=O) groups excluding carboxylic acids is 1. The molecule has 2 aromatic rings. The highest BCUT2D eigenvalue weighted by atomic mass is 16.1. The van der Waals surface area contributed by atoms with E-state index in [4.69, 9.17) is 5.73 Å². The van der Waals surface area contributed by atoms with Crippen LogP contribution in [0.15, 0.2) is 48.5 Å². The van der Waals surface area contributed by atoms with Crippen molar-refractivity contribution in [3.63, 3.8) is 0 Å². The minimum atomic E-state index is -0.0544. The van der Waals surface area contributed by atoms with Crippen molar-refractivity contribution in [1.82, 2.24) is 10.2 Å². The van der Waals surface area contributed by atoms with Gasteiger partial charge in [-0.25, -0.2) is 0 Å². The third kappa shape index (κ3) is 4.11. The Labute approximate surface area is 137 Å². The predicted molar refractivity (Wildman–Crippen MR) is 93.2 cm³/mol. The second-order valence-electron chi connectivity index (χ2n) is 6.03. The van der Waals surface area contributed by atoms with E-state index in [1.54, 1.807) is 24.3 Å². The number of fused-ring (bicyclic) bond motifs is 1. The molecular formula is C19H23N3O. The van der Waals surface area contributed by atoms with Gasteiger partial charge in [0.1, 0.15) is 0 Å². The van der Waals surface area contributed by atoms with Gasteiger partial charge in [0.25, 0.3) is 5.91 Å². The first-order chi connectivity index (χ1) is 11.2. The Morgan fingerprint density at radius 3 is 2.78 bits per heavy atom. The van der Waals surface area contributed by atoms with Crippen LogP contribution in [0.25, 0.3) is 0 Å². The molecule has 1 heterocycles. The topological polar surface area (TPSA) is 58.4 Å². The van der Waals surface area contributed by atoms with Crippen molar-refractivity contribution in [3.8, 4) is 0 Å². The Balaban J connectivity index is 1.41. The molecule has 2 aromatic carbocycles. The molecule has 3 N–H and O–H groups in total. The van der Waals surface area contributed by atoms with Crippen molar-refractivity contribution in [3.05, 3.63) is 65.2 Å². The molecule has 23 heavy (non-hydrogen) atoms. The molecule has 0 radical (unpaired) electrons. The highest BCUT2D eigenvalue weighted by Gasteiger charge is 2.15. The number of nitrogens with zero attached hydrogens (tertiary/aromatic N) is 1. The van der Waals surface area contributed by atoms with Gasteiger partial charge in [0, 0.05) is 37.4 Å². The fourth-order valence-corrected chi connectivity index (χ4v) is 3.03. The number of nitrogens with two attached hydrogens (primary N) is 1. The monoisotopic (exact) mass is 309 g/mol. The van der Waals surface area contributed by atoms with E-state index in [2.05, 4.69) is 34.5 Å². The molecule has 4 heteroatoms. The van der Waals surface area contributed by atoms with Gasteiger partial charge in [-0.05, 0) is 42.2 Å². The molecule has 3 rings (SSSR count). The van der Waals surface area contributed by atoms with Crippen molar-refractivity contribution >= 4 is 11.6 Å². The van der Waals surface area contributed by atoms with Crippen LogP contribution in [0.2, 0.25) is 0 Å². The fourth-order valence-electron chi connectivity index (χ4n) is 3.03. The van der Waals surface area contributed by atoms with E-state index in [9.17, 15) is 4.79 Å². The summed E-state index contributed by atoms with van der Waals surface area (Å²) in [4.78, 5) is 14.5. The standard InChI is InChI=1S/C19H23N3O/c20-18-8-3-7-16(13-18)19(23)21-10-4-11-22-12-9-15-5-1-2-6-17(15)14-22/h1-3,5-8,13H,4,9-12,14,20H2,(H,21,23). The van der Waals surface area contributed by atoms with E-state index in [0.717, 1.165) is 32.5 Å². The maximum atomic E-state index is 12.0. The lowest BCUT2D eigenvalue weighted by molar-refractivity contribution is 0.0951. The quantitative estimate of drug-likeness (QED) is 0.659. The Morgan fingerprint density at radius 2 is 1.96 bits per heavy atom. The number of hydrogen-bond donors (Lipinski definition) is 2. The van der Waals surface area contributed by atoms with Gasteiger partial charge in [-0.1, -0.05) is 30.3 Å². The Bertz CT molecular complexity index is 684. The lowest BCUT2D eigenvalue weighted by atomic mass is 10.00. The molecule has 0 saturated heterocycles. The van der Waals surface area contributed by atoms with Crippen LogP contribution in [-0.4, -0.2) is 30.4 Å². The molecule has 120 valence electrons. The minimum Gasteiger partial charge on any atom is -0.399 e. The minimum absolute atomic E-state index is 0.0544. The number of hydrogen-bond acceptors (Lipinski definition) is 3. The van der Waals surface area contributed by atoms with Gasteiger partial charge in [0.15, 0.2) is 0 Å². The molecule has 0 bridgehead atoms. The largest absolute Gasteiger partial charge is 0.399 e. The molecule has 1 aliphatic heterocycles. The molecule has 0 aliphatic carbocycles. The maximum absolute atomic E-state index is 12.0. The van der Waals surface area contributed by atoms with Crippen molar-refractivity contribution in [1.29, 1.82) is 0 Å². The van der Waals surface area contributed by atoms with Crippen LogP contribution in [0.5, 0.6) is 0 Å². The van der Waals surface area contributed by atoms with Crippen molar-refractivity contribution in [2.75, 3.05) is 25.4 Å². The Kier molecular flexibility index (Phi) is 4.93. The summed E-state index contributed by atoms with van der Waals surface area (Å²) in [5, 5.41) is 2.96. The normalized spacial score (nSPS) is 14.3. The lowest BCUT2D eigenvalue weighted by Gasteiger charge is -2.28. The molecule has 0 saturated carbocycles. The highest BCUT2D eigenvalue weighted by molar-refractivity contribution is 5.94. The number of rotatable bonds is 5. The number of nitrogens with one attached hydrogen (secondary N) is 1. The number of anilines is 1. The first-order valence-corrected chi connectivity index (χ1v) is 8.15. The fraction of sp³-hybridized carbons (Fsp3) is 0.316. The third-order valence-corrected chi connectivity index (χ3v) is 4.30. The van der Waals surface area contributed by atoms with Crippen LogP contribution in [0, 0.1) is 0 Å². The molecule has 0 aromatic heterocycles. The van der Waals surface area contributed by atoms with E-state index in [1.807, 2.05) is 0 Å². The van der Waals surface area contributed by atoms with E-state index in [0.29, 0.717) is 17.8 Å². The first kappa shape index (κ1) is 15.6. The summed E-state index contributed by atoms with van der Waals surface area (Å²) >= 11 is 0. The first-order valence-electron chi connectivity index (χ1n) is 8.15. The van der Waals surface area contributed by atoms with Gasteiger partial charge in [-0.3, -0.25) is 9.69 Å². The average molecular weight is 309 g/mol. The molecule has 1 amide bonds. The number of benzene rings is 2. The van der Waals surface area contributed by atoms with Gasteiger partial charge >= 0.3 is 0 Å². The van der Waals surface area contributed by atoms with E-state index in [-0.39, 0.29) is 5.91 Å². The Hall–Kier alpha value is -2.33. The predicted octanol–water partition coefficient (Wildman–Crippen LogP) is 2.45. The number of carbonyl (C=O) groups is 1. The highest BCUT2D eigenvalue weighted by Crippen LogP contribution is 2.18. The van der Waals surface area contributed by atoms with Gasteiger partial charge < -0.3 is 11.1 Å². The van der Waals surface area contributed by atoms with Crippen LogP contribution >= 0.6 is 0 Å². The van der Waals surface area contributed by atoms with Crippen LogP contribution in [0.1, 0.15) is 27.9 Å². The summed E-state index contributed by atoms with van der Waals surface area (Å²) in [7, 11) is 0. The molecule has 4 nitrogen and oxygen atoms in total. The van der Waals surface area contributed by atoms with Gasteiger partial charge in [0.2, 0.25) is 0 Å². The third-order valence-electron chi connectivity index (χ3n) is 4.30. The van der Waals surface area contributed by atoms with E-state index < -0.39 is 0 Å². The lowest BCUT2D eigenvalue weighted by Crippen LogP contribution is -2.33. The van der Waals surface area contributed by atoms with Gasteiger partial charge in [0.05, 0.1) is 0 Å². The summed E-state index contributed by atoms with van der Waals surface area (Å²) in [6.45, 7) is 3.80. The maximum Gasteiger partial charge on any atom is 0.251 e. The van der Waals surface area contributed by atoms with E-state index >= 15 is 0 Å². The zero-order valence-electron chi connectivity index (χ0n) is 13.3. The van der Waals surface area contributed by atoms with Crippen molar-refractivity contribution in [2.45, 2.75) is 19.4 Å². The smallest absolute Gasteiger partial charge is 0.251 e. The summed E-state index contributed by atoms with van der Waals surface area (Å²) in [6, 6.07) is 15.7. The van der Waals surface area contributed by atoms with Gasteiger partial charge in [-0.2, -0.15) is 0 Å².